The van der Waals surface area contributed by atoms with Gasteiger partial charge in [0.2, 0.25) is 15.9 Å². The van der Waals surface area contributed by atoms with E-state index in [0.717, 1.165) is 11.1 Å². The number of piperidine rings is 1. The number of rotatable bonds is 5. The lowest BCUT2D eigenvalue weighted by atomic mass is 9.97. The van der Waals surface area contributed by atoms with Gasteiger partial charge in [0.25, 0.3) is 0 Å². The first kappa shape index (κ1) is 20.7. The first-order valence-corrected chi connectivity index (χ1v) is 11.0. The zero-order valence-electron chi connectivity index (χ0n) is 16.2. The zero-order chi connectivity index (χ0) is 20.5. The van der Waals surface area contributed by atoms with Crippen molar-refractivity contribution in [1.29, 1.82) is 0 Å². The summed E-state index contributed by atoms with van der Waals surface area (Å²) < 4.78 is 29.6. The molecule has 152 valence electrons. The number of amides is 1. The van der Waals surface area contributed by atoms with Crippen LogP contribution in [-0.4, -0.2) is 46.5 Å². The van der Waals surface area contributed by atoms with Crippen molar-refractivity contribution in [1.82, 2.24) is 24.4 Å². The number of aryl methyl sites for hydroxylation is 2. The molecule has 1 saturated heterocycles. The summed E-state index contributed by atoms with van der Waals surface area (Å²) in [4.78, 5) is 12.8. The van der Waals surface area contributed by atoms with Gasteiger partial charge in [-0.25, -0.2) is 8.42 Å². The number of nitrogens with one attached hydrogen (secondary N) is 2. The Bertz CT molecular complexity index is 1030. The van der Waals surface area contributed by atoms with Gasteiger partial charge in [-0.1, -0.05) is 17.7 Å². The average Bonchev–Trinajstić information content (AvgIpc) is 2.98. The fraction of sp³-hybridized carbons (Fsp3) is 0.500. The van der Waals surface area contributed by atoms with Crippen LogP contribution in [0.4, 0.5) is 0 Å². The predicted molar refractivity (Wildman–Crippen MR) is 108 cm³/mol. The first-order valence-electron chi connectivity index (χ1n) is 9.15. The maximum Gasteiger partial charge on any atom is 0.243 e. The van der Waals surface area contributed by atoms with Crippen LogP contribution < -0.4 is 5.32 Å². The summed E-state index contributed by atoms with van der Waals surface area (Å²) >= 11 is 5.05. The first-order chi connectivity index (χ1) is 13.2. The van der Waals surface area contributed by atoms with Crippen molar-refractivity contribution >= 4 is 28.1 Å². The second-order valence-corrected chi connectivity index (χ2v) is 9.46. The third-order valence-corrected chi connectivity index (χ3v) is 7.59. The number of H-pyrrole nitrogens is 1. The molecular weight excluding hydrogens is 398 g/mol. The molecule has 0 saturated carbocycles. The van der Waals surface area contributed by atoms with Crippen molar-refractivity contribution in [2.45, 2.75) is 38.1 Å². The third-order valence-electron chi connectivity index (χ3n) is 5.17. The second-order valence-electron chi connectivity index (χ2n) is 7.17. The van der Waals surface area contributed by atoms with Gasteiger partial charge in [0.1, 0.15) is 0 Å². The highest BCUT2D eigenvalue weighted by atomic mass is 32.2. The molecule has 1 aromatic heterocycles. The van der Waals surface area contributed by atoms with Gasteiger partial charge >= 0.3 is 0 Å². The normalized spacial score (nSPS) is 16.2. The molecule has 10 heteroatoms. The molecule has 0 atom stereocenters. The number of sulfonamides is 1. The highest BCUT2D eigenvalue weighted by Gasteiger charge is 2.32. The van der Waals surface area contributed by atoms with Crippen molar-refractivity contribution in [3.63, 3.8) is 0 Å². The van der Waals surface area contributed by atoms with Gasteiger partial charge in [0, 0.05) is 26.1 Å². The lowest BCUT2D eigenvalue weighted by molar-refractivity contribution is -0.126. The molecule has 1 aliphatic rings. The van der Waals surface area contributed by atoms with Crippen LogP contribution in [0.25, 0.3) is 0 Å². The second kappa shape index (κ2) is 8.14. The molecule has 1 fully saturated rings. The van der Waals surface area contributed by atoms with Gasteiger partial charge < -0.3 is 9.88 Å². The molecule has 28 heavy (non-hydrogen) atoms. The van der Waals surface area contributed by atoms with E-state index in [2.05, 4.69) is 15.5 Å². The van der Waals surface area contributed by atoms with E-state index in [1.54, 1.807) is 17.7 Å². The van der Waals surface area contributed by atoms with Crippen LogP contribution in [0.1, 0.15) is 29.8 Å². The SMILES string of the molecule is Cc1ccc(S(=O)(=O)N2CCC(C(=O)NCc3n[nH]c(=S)n3C)CC2)c(C)c1. The predicted octanol–water partition coefficient (Wildman–Crippen LogP) is 1.81. The molecule has 2 aromatic rings. The molecule has 3 rings (SSSR count). The molecular formula is C18H25N5O3S2. The molecule has 0 bridgehead atoms. The molecule has 1 aliphatic heterocycles. The molecule has 2 N–H and O–H groups in total. The van der Waals surface area contributed by atoms with Crippen molar-refractivity contribution in [3.8, 4) is 0 Å². The number of hydrogen-bond acceptors (Lipinski definition) is 5. The van der Waals surface area contributed by atoms with Crippen LogP contribution in [0.2, 0.25) is 0 Å². The van der Waals surface area contributed by atoms with Gasteiger partial charge in [0.15, 0.2) is 10.6 Å². The maximum absolute atomic E-state index is 12.9. The zero-order valence-corrected chi connectivity index (χ0v) is 17.9. The summed E-state index contributed by atoms with van der Waals surface area (Å²) in [7, 11) is -1.76. The molecule has 0 spiro atoms. The summed E-state index contributed by atoms with van der Waals surface area (Å²) in [5, 5.41) is 9.61. The van der Waals surface area contributed by atoms with Crippen molar-refractivity contribution in [2.24, 2.45) is 13.0 Å². The number of aromatic nitrogens is 3. The highest BCUT2D eigenvalue weighted by Crippen LogP contribution is 2.26. The molecule has 1 amide bonds. The number of nitrogens with zero attached hydrogens (tertiary/aromatic N) is 3. The van der Waals surface area contributed by atoms with E-state index in [1.165, 1.54) is 4.31 Å². The average molecular weight is 424 g/mol. The minimum Gasteiger partial charge on any atom is -0.349 e. The molecule has 1 aromatic carbocycles. The van der Waals surface area contributed by atoms with Crippen LogP contribution in [0.3, 0.4) is 0 Å². The monoisotopic (exact) mass is 423 g/mol. The Morgan fingerprint density at radius 3 is 2.57 bits per heavy atom. The van der Waals surface area contributed by atoms with E-state index < -0.39 is 10.0 Å². The Balaban J connectivity index is 1.59. The Morgan fingerprint density at radius 2 is 2.00 bits per heavy atom. The van der Waals surface area contributed by atoms with Crippen LogP contribution >= 0.6 is 12.2 Å². The summed E-state index contributed by atoms with van der Waals surface area (Å²) in [6.07, 6.45) is 0.990. The quantitative estimate of drug-likeness (QED) is 0.715. The van der Waals surface area contributed by atoms with Crippen molar-refractivity contribution < 1.29 is 13.2 Å². The van der Waals surface area contributed by atoms with Gasteiger partial charge in [-0.15, -0.1) is 0 Å². The molecule has 8 nitrogen and oxygen atoms in total. The fourth-order valence-electron chi connectivity index (χ4n) is 3.43. The van der Waals surface area contributed by atoms with E-state index in [1.807, 2.05) is 26.0 Å². The van der Waals surface area contributed by atoms with E-state index in [0.29, 0.717) is 41.4 Å². The van der Waals surface area contributed by atoms with Crippen molar-refractivity contribution in [2.75, 3.05) is 13.1 Å². The fourth-order valence-corrected chi connectivity index (χ4v) is 5.26. The lowest BCUT2D eigenvalue weighted by Crippen LogP contribution is -2.43. The lowest BCUT2D eigenvalue weighted by Gasteiger charge is -2.31. The smallest absolute Gasteiger partial charge is 0.243 e. The summed E-state index contributed by atoms with van der Waals surface area (Å²) in [5.41, 5.74) is 1.77. The number of aromatic amines is 1. The summed E-state index contributed by atoms with van der Waals surface area (Å²) in [5.74, 6) is 0.350. The topological polar surface area (TPSA) is 100 Å². The Hall–Kier alpha value is -2.04. The van der Waals surface area contributed by atoms with E-state index in [9.17, 15) is 13.2 Å². The largest absolute Gasteiger partial charge is 0.349 e. The maximum atomic E-state index is 12.9. The number of carbonyl (C=O) groups is 1. The summed E-state index contributed by atoms with van der Waals surface area (Å²) in [6.45, 7) is 4.69. The van der Waals surface area contributed by atoms with E-state index >= 15 is 0 Å². The van der Waals surface area contributed by atoms with Crippen LogP contribution in [0.5, 0.6) is 0 Å². The Morgan fingerprint density at radius 1 is 1.32 bits per heavy atom. The van der Waals surface area contributed by atoms with Gasteiger partial charge in [-0.05, 0) is 50.5 Å². The number of hydrogen-bond donors (Lipinski definition) is 2. The van der Waals surface area contributed by atoms with Gasteiger partial charge in [-0.2, -0.15) is 9.40 Å². The van der Waals surface area contributed by atoms with Crippen molar-refractivity contribution in [3.05, 3.63) is 39.9 Å². The van der Waals surface area contributed by atoms with Gasteiger partial charge in [-0.3, -0.25) is 9.89 Å². The molecule has 0 radical (unpaired) electrons. The highest BCUT2D eigenvalue weighted by molar-refractivity contribution is 7.89. The third kappa shape index (κ3) is 4.18. The Labute approximate surface area is 170 Å². The van der Waals surface area contributed by atoms with E-state index in [4.69, 9.17) is 12.2 Å². The molecule has 2 heterocycles. The summed E-state index contributed by atoms with van der Waals surface area (Å²) in [6, 6.07) is 5.34. The molecule has 0 aliphatic carbocycles. The minimum atomic E-state index is -3.54. The number of carbonyl (C=O) groups excluding carboxylic acids is 1. The van der Waals surface area contributed by atoms with Crippen LogP contribution in [0.15, 0.2) is 23.1 Å². The molecule has 0 unspecified atom stereocenters. The minimum absolute atomic E-state index is 0.0857. The van der Waals surface area contributed by atoms with Gasteiger partial charge in [0.05, 0.1) is 11.4 Å². The van der Waals surface area contributed by atoms with E-state index in [-0.39, 0.29) is 18.4 Å². The standard InChI is InChI=1S/C18H25N5O3S2/c1-12-4-5-15(13(2)10-12)28(25,26)23-8-6-14(7-9-23)17(24)19-11-16-20-21-18(27)22(16)3/h4-5,10,14H,6-9,11H2,1-3H3,(H,19,24)(H,21,27). The van der Waals surface area contributed by atoms with Crippen LogP contribution in [0, 0.1) is 24.5 Å². The number of benzene rings is 1. The van der Waals surface area contributed by atoms with Crippen LogP contribution in [-0.2, 0) is 28.4 Å². The Kier molecular flexibility index (Phi) is 6.01.